The van der Waals surface area contributed by atoms with Crippen LogP contribution >= 0.6 is 0 Å². The zero-order valence-corrected chi connectivity index (χ0v) is 7.95. The van der Waals surface area contributed by atoms with E-state index in [0.717, 1.165) is 12.5 Å². The molecule has 0 atom stereocenters. The summed E-state index contributed by atoms with van der Waals surface area (Å²) in [5.41, 5.74) is 0.177. The van der Waals surface area contributed by atoms with Crippen LogP contribution in [-0.4, -0.2) is 22.7 Å². The van der Waals surface area contributed by atoms with Crippen molar-refractivity contribution in [2.75, 3.05) is 6.54 Å². The Morgan fingerprint density at radius 1 is 1.43 bits per heavy atom. The van der Waals surface area contributed by atoms with Gasteiger partial charge in [0.15, 0.2) is 0 Å². The molecule has 4 nitrogen and oxygen atoms in total. The van der Waals surface area contributed by atoms with Crippen LogP contribution < -0.4 is 5.32 Å². The van der Waals surface area contributed by atoms with Crippen molar-refractivity contribution < 1.29 is 15.0 Å². The zero-order chi connectivity index (χ0) is 10.6. The maximum atomic E-state index is 11.4. The number of rotatable bonds is 3. The van der Waals surface area contributed by atoms with Crippen LogP contribution in [0.15, 0.2) is 18.2 Å². The normalized spacial score (nSPS) is 9.79. The number of hydrogen-bond donors (Lipinski definition) is 3. The minimum absolute atomic E-state index is 0.0606. The molecule has 0 unspecified atom stereocenters. The van der Waals surface area contributed by atoms with Gasteiger partial charge in [0.05, 0.1) is 5.56 Å². The first-order valence-corrected chi connectivity index (χ1v) is 4.45. The molecule has 3 N–H and O–H groups in total. The molecule has 4 heteroatoms. The molecule has 0 saturated carbocycles. The highest BCUT2D eigenvalue weighted by atomic mass is 16.3. The fourth-order valence-electron chi connectivity index (χ4n) is 1.05. The molecule has 0 aliphatic carbocycles. The van der Waals surface area contributed by atoms with Crippen molar-refractivity contribution in [1.29, 1.82) is 0 Å². The molecule has 0 radical (unpaired) electrons. The van der Waals surface area contributed by atoms with Gasteiger partial charge in [0.2, 0.25) is 0 Å². The lowest BCUT2D eigenvalue weighted by molar-refractivity contribution is 0.0951. The lowest BCUT2D eigenvalue weighted by atomic mass is 10.2. The molecule has 0 saturated heterocycles. The fraction of sp³-hybridized carbons (Fsp3) is 0.300. The number of amides is 1. The van der Waals surface area contributed by atoms with Crippen molar-refractivity contribution in [3.05, 3.63) is 23.8 Å². The maximum absolute atomic E-state index is 11.4. The average molecular weight is 195 g/mol. The van der Waals surface area contributed by atoms with Crippen molar-refractivity contribution in [1.82, 2.24) is 5.32 Å². The topological polar surface area (TPSA) is 69.6 Å². The van der Waals surface area contributed by atoms with Gasteiger partial charge in [-0.3, -0.25) is 4.79 Å². The van der Waals surface area contributed by atoms with E-state index in [0.29, 0.717) is 6.54 Å². The standard InChI is InChI=1S/C10H13NO3/c1-2-5-11-10(14)8-4-3-7(12)6-9(8)13/h3-4,6,12-13H,2,5H2,1H3,(H,11,14). The molecule has 0 heterocycles. The summed E-state index contributed by atoms with van der Waals surface area (Å²) in [4.78, 5) is 11.4. The summed E-state index contributed by atoms with van der Waals surface area (Å²) in [5.74, 6) is -0.600. The summed E-state index contributed by atoms with van der Waals surface area (Å²) in [5, 5.41) is 21.0. The molecular formula is C10H13NO3. The minimum Gasteiger partial charge on any atom is -0.508 e. The molecule has 14 heavy (non-hydrogen) atoms. The Labute approximate surface area is 82.2 Å². The Balaban J connectivity index is 2.80. The van der Waals surface area contributed by atoms with Crippen LogP contribution in [0.5, 0.6) is 11.5 Å². The highest BCUT2D eigenvalue weighted by molar-refractivity contribution is 5.96. The Morgan fingerprint density at radius 2 is 2.14 bits per heavy atom. The molecule has 0 fully saturated rings. The summed E-state index contributed by atoms with van der Waals surface area (Å²) >= 11 is 0. The molecule has 1 aromatic carbocycles. The number of nitrogens with one attached hydrogen (secondary N) is 1. The van der Waals surface area contributed by atoms with Crippen LogP contribution in [0.1, 0.15) is 23.7 Å². The number of phenols is 2. The van der Waals surface area contributed by atoms with Crippen molar-refractivity contribution >= 4 is 5.91 Å². The minimum atomic E-state index is -0.329. The summed E-state index contributed by atoms with van der Waals surface area (Å²) in [7, 11) is 0. The van der Waals surface area contributed by atoms with Gasteiger partial charge in [-0.15, -0.1) is 0 Å². The second kappa shape index (κ2) is 4.50. The van der Waals surface area contributed by atoms with Gasteiger partial charge in [-0.2, -0.15) is 0 Å². The lowest BCUT2D eigenvalue weighted by Gasteiger charge is -2.05. The second-order valence-corrected chi connectivity index (χ2v) is 2.96. The van der Waals surface area contributed by atoms with Crippen molar-refractivity contribution in [2.45, 2.75) is 13.3 Å². The van der Waals surface area contributed by atoms with E-state index in [9.17, 15) is 9.90 Å². The molecule has 0 aliphatic heterocycles. The van der Waals surface area contributed by atoms with Crippen LogP contribution in [0.2, 0.25) is 0 Å². The molecule has 1 aromatic rings. The van der Waals surface area contributed by atoms with E-state index in [4.69, 9.17) is 5.11 Å². The Bertz CT molecular complexity index is 336. The number of benzene rings is 1. The predicted octanol–water partition coefficient (Wildman–Crippen LogP) is 1.24. The first-order chi connectivity index (χ1) is 6.65. The maximum Gasteiger partial charge on any atom is 0.255 e. The van der Waals surface area contributed by atoms with E-state index in [1.165, 1.54) is 12.1 Å². The van der Waals surface area contributed by atoms with Gasteiger partial charge in [-0.05, 0) is 18.6 Å². The van der Waals surface area contributed by atoms with Gasteiger partial charge >= 0.3 is 0 Å². The third-order valence-electron chi connectivity index (χ3n) is 1.76. The number of hydrogen-bond acceptors (Lipinski definition) is 3. The quantitative estimate of drug-likeness (QED) is 0.679. The number of phenolic OH excluding ortho intramolecular Hbond substituents is 2. The van der Waals surface area contributed by atoms with Crippen LogP contribution in [-0.2, 0) is 0 Å². The smallest absolute Gasteiger partial charge is 0.255 e. The monoisotopic (exact) mass is 195 g/mol. The van der Waals surface area contributed by atoms with Gasteiger partial charge in [-0.1, -0.05) is 6.92 Å². The SMILES string of the molecule is CCCNC(=O)c1ccc(O)cc1O. The van der Waals surface area contributed by atoms with Gasteiger partial charge in [0.1, 0.15) is 11.5 Å². The van der Waals surface area contributed by atoms with E-state index in [2.05, 4.69) is 5.32 Å². The summed E-state index contributed by atoms with van der Waals surface area (Å²) in [6, 6.07) is 3.89. The van der Waals surface area contributed by atoms with E-state index in [1.807, 2.05) is 6.92 Å². The third-order valence-corrected chi connectivity index (χ3v) is 1.76. The Kier molecular flexibility index (Phi) is 3.34. The lowest BCUT2D eigenvalue weighted by Crippen LogP contribution is -2.23. The first-order valence-electron chi connectivity index (χ1n) is 4.45. The highest BCUT2D eigenvalue weighted by Gasteiger charge is 2.10. The van der Waals surface area contributed by atoms with Crippen molar-refractivity contribution in [2.24, 2.45) is 0 Å². The van der Waals surface area contributed by atoms with Crippen LogP contribution in [0.25, 0.3) is 0 Å². The predicted molar refractivity (Wildman–Crippen MR) is 52.4 cm³/mol. The van der Waals surface area contributed by atoms with E-state index < -0.39 is 0 Å². The molecular weight excluding hydrogens is 182 g/mol. The molecule has 0 bridgehead atoms. The number of carbonyl (C=O) groups excluding carboxylic acids is 1. The highest BCUT2D eigenvalue weighted by Crippen LogP contribution is 2.22. The molecule has 0 aromatic heterocycles. The Morgan fingerprint density at radius 3 is 2.71 bits per heavy atom. The average Bonchev–Trinajstić information content (AvgIpc) is 2.14. The second-order valence-electron chi connectivity index (χ2n) is 2.96. The summed E-state index contributed by atoms with van der Waals surface area (Å²) in [6.07, 6.45) is 0.838. The third kappa shape index (κ3) is 2.39. The molecule has 1 rings (SSSR count). The van der Waals surface area contributed by atoms with E-state index in [1.54, 1.807) is 0 Å². The van der Waals surface area contributed by atoms with Crippen molar-refractivity contribution in [3.63, 3.8) is 0 Å². The zero-order valence-electron chi connectivity index (χ0n) is 7.95. The largest absolute Gasteiger partial charge is 0.508 e. The number of aromatic hydroxyl groups is 2. The first kappa shape index (κ1) is 10.4. The molecule has 0 aliphatic rings. The van der Waals surface area contributed by atoms with Crippen molar-refractivity contribution in [3.8, 4) is 11.5 Å². The molecule has 1 amide bonds. The molecule has 0 spiro atoms. The fourth-order valence-corrected chi connectivity index (χ4v) is 1.05. The van der Waals surface area contributed by atoms with Gasteiger partial charge in [0.25, 0.3) is 5.91 Å². The van der Waals surface area contributed by atoms with Crippen LogP contribution in [0, 0.1) is 0 Å². The van der Waals surface area contributed by atoms with Crippen LogP contribution in [0.3, 0.4) is 0 Å². The van der Waals surface area contributed by atoms with E-state index in [-0.39, 0.29) is 23.0 Å². The van der Waals surface area contributed by atoms with Crippen LogP contribution in [0.4, 0.5) is 0 Å². The molecule has 76 valence electrons. The van der Waals surface area contributed by atoms with Gasteiger partial charge < -0.3 is 15.5 Å². The van der Waals surface area contributed by atoms with E-state index >= 15 is 0 Å². The number of carbonyl (C=O) groups is 1. The summed E-state index contributed by atoms with van der Waals surface area (Å²) in [6.45, 7) is 2.51. The van der Waals surface area contributed by atoms with Gasteiger partial charge in [-0.25, -0.2) is 0 Å². The summed E-state index contributed by atoms with van der Waals surface area (Å²) < 4.78 is 0. The Hall–Kier alpha value is -1.71. The van der Waals surface area contributed by atoms with Gasteiger partial charge in [0, 0.05) is 12.6 Å².